The molecule has 0 unspecified atom stereocenters. The molecule has 5 nitrogen and oxygen atoms in total. The summed E-state index contributed by atoms with van der Waals surface area (Å²) in [7, 11) is 0. The maximum Gasteiger partial charge on any atom is 0.586 e. The SMILES string of the molecule is CCOCCCNC(=S)Nc1ccc2c(c1)OC(F)(F)O2. The third-order valence-electron chi connectivity index (χ3n) is 2.61. The van der Waals surface area contributed by atoms with Crippen LogP contribution in [0.25, 0.3) is 0 Å². The number of fused-ring (bicyclic) bond motifs is 1. The first-order valence-electron chi connectivity index (χ1n) is 6.52. The quantitative estimate of drug-likeness (QED) is 0.621. The normalized spacial score (nSPS) is 14.8. The van der Waals surface area contributed by atoms with Crippen molar-refractivity contribution in [3.8, 4) is 11.5 Å². The molecule has 116 valence electrons. The molecular weight excluding hydrogens is 302 g/mol. The number of hydrogen-bond acceptors (Lipinski definition) is 4. The maximum atomic E-state index is 12.9. The van der Waals surface area contributed by atoms with Crippen molar-refractivity contribution in [2.75, 3.05) is 25.1 Å². The molecule has 2 N–H and O–H groups in total. The molecule has 1 aliphatic rings. The number of ether oxygens (including phenoxy) is 3. The molecule has 0 bridgehead atoms. The number of anilines is 1. The monoisotopic (exact) mass is 318 g/mol. The van der Waals surface area contributed by atoms with Crippen molar-refractivity contribution in [1.29, 1.82) is 0 Å². The van der Waals surface area contributed by atoms with Gasteiger partial charge in [0, 0.05) is 31.5 Å². The summed E-state index contributed by atoms with van der Waals surface area (Å²) in [6, 6.07) is 4.39. The van der Waals surface area contributed by atoms with Crippen LogP contribution in [0.15, 0.2) is 18.2 Å². The van der Waals surface area contributed by atoms with E-state index in [1.54, 1.807) is 6.07 Å². The minimum atomic E-state index is -3.61. The Labute approximate surface area is 126 Å². The third-order valence-corrected chi connectivity index (χ3v) is 2.86. The highest BCUT2D eigenvalue weighted by Gasteiger charge is 2.43. The molecule has 0 atom stereocenters. The molecule has 2 rings (SSSR count). The zero-order valence-electron chi connectivity index (χ0n) is 11.4. The topological polar surface area (TPSA) is 51.8 Å². The lowest BCUT2D eigenvalue weighted by atomic mass is 10.3. The van der Waals surface area contributed by atoms with Crippen LogP contribution in [-0.4, -0.2) is 31.2 Å². The highest BCUT2D eigenvalue weighted by molar-refractivity contribution is 7.80. The molecule has 0 saturated heterocycles. The minimum absolute atomic E-state index is 0.00106. The summed E-state index contributed by atoms with van der Waals surface area (Å²) in [6.45, 7) is 3.94. The Morgan fingerprint density at radius 3 is 2.86 bits per heavy atom. The summed E-state index contributed by atoms with van der Waals surface area (Å²) >= 11 is 5.10. The van der Waals surface area contributed by atoms with Crippen molar-refractivity contribution in [2.45, 2.75) is 19.6 Å². The zero-order valence-corrected chi connectivity index (χ0v) is 12.3. The number of benzene rings is 1. The van der Waals surface area contributed by atoms with Gasteiger partial charge in [-0.05, 0) is 37.7 Å². The molecule has 0 amide bonds. The molecule has 0 saturated carbocycles. The van der Waals surface area contributed by atoms with Crippen molar-refractivity contribution in [1.82, 2.24) is 5.32 Å². The minimum Gasteiger partial charge on any atom is -0.395 e. The van der Waals surface area contributed by atoms with E-state index in [9.17, 15) is 8.78 Å². The Morgan fingerprint density at radius 2 is 2.10 bits per heavy atom. The molecular formula is C13H16F2N2O3S. The molecule has 0 aromatic heterocycles. The molecule has 1 aliphatic heterocycles. The number of thiocarbonyl (C=S) groups is 1. The Balaban J connectivity index is 1.80. The third kappa shape index (κ3) is 4.68. The van der Waals surface area contributed by atoms with Gasteiger partial charge < -0.3 is 24.8 Å². The first kappa shape index (κ1) is 15.7. The fourth-order valence-electron chi connectivity index (χ4n) is 1.72. The van der Waals surface area contributed by atoms with Crippen LogP contribution in [0.3, 0.4) is 0 Å². The van der Waals surface area contributed by atoms with Gasteiger partial charge in [-0.3, -0.25) is 0 Å². The summed E-state index contributed by atoms with van der Waals surface area (Å²) in [5.41, 5.74) is 0.539. The maximum absolute atomic E-state index is 12.9. The van der Waals surface area contributed by atoms with Gasteiger partial charge in [-0.2, -0.15) is 0 Å². The van der Waals surface area contributed by atoms with Gasteiger partial charge >= 0.3 is 6.29 Å². The zero-order chi connectivity index (χ0) is 15.3. The molecule has 0 fully saturated rings. The molecule has 21 heavy (non-hydrogen) atoms. The lowest BCUT2D eigenvalue weighted by Crippen LogP contribution is -2.29. The Hall–Kier alpha value is -1.67. The number of nitrogens with one attached hydrogen (secondary N) is 2. The smallest absolute Gasteiger partial charge is 0.395 e. The number of halogens is 2. The second kappa shape index (κ2) is 6.86. The largest absolute Gasteiger partial charge is 0.586 e. The van der Waals surface area contributed by atoms with Crippen LogP contribution in [0.1, 0.15) is 13.3 Å². The van der Waals surface area contributed by atoms with Crippen LogP contribution in [0.5, 0.6) is 11.5 Å². The first-order chi connectivity index (χ1) is 10.00. The van der Waals surface area contributed by atoms with Crippen molar-refractivity contribution in [2.24, 2.45) is 0 Å². The van der Waals surface area contributed by atoms with E-state index in [1.165, 1.54) is 12.1 Å². The van der Waals surface area contributed by atoms with Crippen molar-refractivity contribution in [3.63, 3.8) is 0 Å². The molecule has 8 heteroatoms. The number of rotatable bonds is 6. The summed E-state index contributed by atoms with van der Waals surface area (Å²) in [5.74, 6) is -0.0229. The predicted octanol–water partition coefficient (Wildman–Crippen LogP) is 2.72. The van der Waals surface area contributed by atoms with Gasteiger partial charge in [0.15, 0.2) is 16.6 Å². The van der Waals surface area contributed by atoms with Crippen molar-refractivity contribution < 1.29 is 23.0 Å². The molecule has 1 aromatic rings. The van der Waals surface area contributed by atoms with E-state index < -0.39 is 6.29 Å². The fraction of sp³-hybridized carbons (Fsp3) is 0.462. The number of alkyl halides is 2. The first-order valence-corrected chi connectivity index (χ1v) is 6.93. The predicted molar refractivity (Wildman–Crippen MR) is 78.0 cm³/mol. The van der Waals surface area contributed by atoms with Gasteiger partial charge in [-0.25, -0.2) is 0 Å². The van der Waals surface area contributed by atoms with Crippen molar-refractivity contribution in [3.05, 3.63) is 18.2 Å². The van der Waals surface area contributed by atoms with Crippen LogP contribution in [-0.2, 0) is 4.74 Å². The molecule has 0 spiro atoms. The Morgan fingerprint density at radius 1 is 1.33 bits per heavy atom. The highest BCUT2D eigenvalue weighted by atomic mass is 32.1. The van der Waals surface area contributed by atoms with Gasteiger partial charge in [0.2, 0.25) is 0 Å². The standard InChI is InChI=1S/C13H16F2N2O3S/c1-2-18-7-3-6-16-12(21)17-9-4-5-10-11(8-9)20-13(14,15)19-10/h4-5,8H,2-3,6-7H2,1H3,(H2,16,17,21). The Bertz CT molecular complexity index is 514. The van der Waals surface area contributed by atoms with Crippen LogP contribution in [0.4, 0.5) is 14.5 Å². The molecule has 1 aromatic carbocycles. The Kier molecular flexibility index (Phi) is 5.13. The van der Waals surface area contributed by atoms with E-state index in [0.29, 0.717) is 30.6 Å². The van der Waals surface area contributed by atoms with Crippen LogP contribution in [0, 0.1) is 0 Å². The van der Waals surface area contributed by atoms with Gasteiger partial charge in [0.05, 0.1) is 0 Å². The van der Waals surface area contributed by atoms with E-state index in [-0.39, 0.29) is 11.5 Å². The van der Waals surface area contributed by atoms with Gasteiger partial charge in [0.1, 0.15) is 0 Å². The lowest BCUT2D eigenvalue weighted by Gasteiger charge is -2.10. The summed E-state index contributed by atoms with van der Waals surface area (Å²) in [4.78, 5) is 0. The average Bonchev–Trinajstić information content (AvgIpc) is 2.71. The second-order valence-corrected chi connectivity index (χ2v) is 4.67. The van der Waals surface area contributed by atoms with Crippen LogP contribution < -0.4 is 20.1 Å². The van der Waals surface area contributed by atoms with Crippen LogP contribution in [0.2, 0.25) is 0 Å². The van der Waals surface area contributed by atoms with Crippen LogP contribution >= 0.6 is 12.2 Å². The second-order valence-electron chi connectivity index (χ2n) is 4.26. The highest BCUT2D eigenvalue weighted by Crippen LogP contribution is 2.42. The van der Waals surface area contributed by atoms with E-state index in [1.807, 2.05) is 6.92 Å². The fourth-order valence-corrected chi connectivity index (χ4v) is 1.94. The van der Waals surface area contributed by atoms with E-state index in [4.69, 9.17) is 17.0 Å². The van der Waals surface area contributed by atoms with Gasteiger partial charge in [-0.15, -0.1) is 8.78 Å². The number of hydrogen-bond donors (Lipinski definition) is 2. The average molecular weight is 318 g/mol. The van der Waals surface area contributed by atoms with E-state index >= 15 is 0 Å². The van der Waals surface area contributed by atoms with Crippen molar-refractivity contribution >= 4 is 23.0 Å². The van der Waals surface area contributed by atoms with E-state index in [0.717, 1.165) is 6.42 Å². The molecule has 1 heterocycles. The summed E-state index contributed by atoms with van der Waals surface area (Å²) < 4.78 is 39.6. The van der Waals surface area contributed by atoms with E-state index in [2.05, 4.69) is 20.1 Å². The molecule has 0 aliphatic carbocycles. The van der Waals surface area contributed by atoms with Gasteiger partial charge in [-0.1, -0.05) is 0 Å². The molecule has 0 radical (unpaired) electrons. The summed E-state index contributed by atoms with van der Waals surface area (Å²) in [5, 5.41) is 6.28. The summed E-state index contributed by atoms with van der Waals surface area (Å²) in [6.07, 6.45) is -2.79. The van der Waals surface area contributed by atoms with Gasteiger partial charge in [0.25, 0.3) is 0 Å². The lowest BCUT2D eigenvalue weighted by molar-refractivity contribution is -0.286.